The summed E-state index contributed by atoms with van der Waals surface area (Å²) in [7, 11) is 0. The molecule has 4 unspecified atom stereocenters. The summed E-state index contributed by atoms with van der Waals surface area (Å²) in [4.78, 5) is 17.7. The van der Waals surface area contributed by atoms with Crippen LogP contribution in [0.4, 0.5) is 0 Å². The van der Waals surface area contributed by atoms with Gasteiger partial charge in [-0.1, -0.05) is 46.8 Å². The van der Waals surface area contributed by atoms with Crippen molar-refractivity contribution in [2.45, 2.75) is 73.1 Å². The molecule has 3 rings (SSSR count). The van der Waals surface area contributed by atoms with E-state index in [0.717, 1.165) is 32.1 Å². The van der Waals surface area contributed by atoms with Crippen LogP contribution in [-0.4, -0.2) is 23.1 Å². The smallest absolute Gasteiger partial charge is 0.210 e. The van der Waals surface area contributed by atoms with E-state index in [1.165, 1.54) is 11.6 Å². The SMILES string of the molecule is C=C1CCCC2C1(C)CCC(C)C2(C)CC1=C(O)C(N)=CC(=NCC(C)C)C1=O. The number of aliphatic imine (C=N–C) groups is 1. The summed E-state index contributed by atoms with van der Waals surface area (Å²) < 4.78 is 0. The van der Waals surface area contributed by atoms with Crippen molar-refractivity contribution in [3.63, 3.8) is 0 Å². The van der Waals surface area contributed by atoms with E-state index < -0.39 is 0 Å². The van der Waals surface area contributed by atoms with E-state index in [2.05, 4.69) is 46.2 Å². The lowest BCUT2D eigenvalue weighted by Crippen LogP contribution is -2.51. The molecule has 0 aliphatic heterocycles. The van der Waals surface area contributed by atoms with Gasteiger partial charge in [0.1, 0.15) is 11.5 Å². The second kappa shape index (κ2) is 7.77. The Morgan fingerprint density at radius 3 is 2.69 bits per heavy atom. The lowest BCUT2D eigenvalue weighted by Gasteiger charge is -2.59. The Kier molecular flexibility index (Phi) is 5.86. The number of allylic oxidation sites excluding steroid dienone is 3. The fraction of sp³-hybridized carbons (Fsp3) is 0.680. The Labute approximate surface area is 176 Å². The Morgan fingerprint density at radius 2 is 2.03 bits per heavy atom. The molecule has 0 spiro atoms. The normalized spacial score (nSPS) is 37.2. The standard InChI is InChI=1S/C25H38N2O2/c1-15(2)14-27-20-12-19(26)22(28)18(23(20)29)13-25(6)17(4)10-11-24(5)16(3)8-7-9-21(24)25/h12,15,17,21,28H,3,7-11,13-14,26H2,1-2,4-6H3. The molecular weight excluding hydrogens is 360 g/mol. The molecule has 3 aliphatic rings. The maximum atomic E-state index is 13.3. The van der Waals surface area contributed by atoms with Crippen molar-refractivity contribution in [3.8, 4) is 0 Å². The van der Waals surface area contributed by atoms with Gasteiger partial charge in [0, 0.05) is 12.1 Å². The summed E-state index contributed by atoms with van der Waals surface area (Å²) in [6, 6.07) is 0. The average molecular weight is 399 g/mol. The van der Waals surface area contributed by atoms with Crippen LogP contribution in [0.3, 0.4) is 0 Å². The minimum Gasteiger partial charge on any atom is -0.505 e. The number of nitrogens with zero attached hydrogens (tertiary/aromatic N) is 1. The number of hydrogen-bond acceptors (Lipinski definition) is 4. The van der Waals surface area contributed by atoms with Gasteiger partial charge in [0.05, 0.1) is 5.70 Å². The molecule has 2 fully saturated rings. The Balaban J connectivity index is 1.98. The van der Waals surface area contributed by atoms with Crippen molar-refractivity contribution < 1.29 is 9.90 Å². The van der Waals surface area contributed by atoms with Gasteiger partial charge < -0.3 is 10.8 Å². The van der Waals surface area contributed by atoms with E-state index in [1.807, 2.05) is 0 Å². The Morgan fingerprint density at radius 1 is 1.34 bits per heavy atom. The quantitative estimate of drug-likeness (QED) is 0.484. The van der Waals surface area contributed by atoms with Gasteiger partial charge in [-0.05, 0) is 73.2 Å². The maximum absolute atomic E-state index is 13.3. The van der Waals surface area contributed by atoms with Crippen LogP contribution < -0.4 is 5.73 Å². The highest BCUT2D eigenvalue weighted by atomic mass is 16.3. The lowest BCUT2D eigenvalue weighted by atomic mass is 9.46. The van der Waals surface area contributed by atoms with Crippen molar-refractivity contribution >= 4 is 11.5 Å². The van der Waals surface area contributed by atoms with E-state index >= 15 is 0 Å². The van der Waals surface area contributed by atoms with Crippen LogP contribution in [0.1, 0.15) is 73.1 Å². The van der Waals surface area contributed by atoms with Gasteiger partial charge in [-0.3, -0.25) is 9.79 Å². The van der Waals surface area contributed by atoms with E-state index in [0.29, 0.717) is 42.0 Å². The predicted molar refractivity (Wildman–Crippen MR) is 120 cm³/mol. The van der Waals surface area contributed by atoms with Gasteiger partial charge in [-0.15, -0.1) is 0 Å². The summed E-state index contributed by atoms with van der Waals surface area (Å²) >= 11 is 0. The average Bonchev–Trinajstić information content (AvgIpc) is 2.66. The molecule has 0 heterocycles. The van der Waals surface area contributed by atoms with Crippen LogP contribution in [0.25, 0.3) is 0 Å². The largest absolute Gasteiger partial charge is 0.505 e. The number of carbonyl (C=O) groups excluding carboxylic acids is 1. The van der Waals surface area contributed by atoms with Gasteiger partial charge in [-0.2, -0.15) is 0 Å². The first kappa shape index (κ1) is 21.9. The van der Waals surface area contributed by atoms with Crippen molar-refractivity contribution in [3.05, 3.63) is 35.3 Å². The third-order valence-corrected chi connectivity index (χ3v) is 8.11. The Bertz CT molecular complexity index is 804. The molecular formula is C25H38N2O2. The van der Waals surface area contributed by atoms with Crippen LogP contribution in [0.15, 0.2) is 40.2 Å². The molecule has 4 atom stereocenters. The lowest BCUT2D eigenvalue weighted by molar-refractivity contribution is -0.111. The van der Waals surface area contributed by atoms with Gasteiger partial charge in [0.2, 0.25) is 5.78 Å². The number of carbonyl (C=O) groups is 1. The molecule has 3 N–H and O–H groups in total. The van der Waals surface area contributed by atoms with Crippen molar-refractivity contribution in [2.75, 3.05) is 6.54 Å². The van der Waals surface area contributed by atoms with E-state index in [1.54, 1.807) is 0 Å². The highest BCUT2D eigenvalue weighted by molar-refractivity contribution is 6.50. The number of Topliss-reactive ketones (excluding diaryl/α,β-unsaturated/α-hetero) is 1. The van der Waals surface area contributed by atoms with Crippen molar-refractivity contribution in [1.29, 1.82) is 0 Å². The molecule has 160 valence electrons. The van der Waals surface area contributed by atoms with Crippen LogP contribution in [0.2, 0.25) is 0 Å². The van der Waals surface area contributed by atoms with Gasteiger partial charge in [0.15, 0.2) is 0 Å². The number of fused-ring (bicyclic) bond motifs is 1. The molecule has 3 aliphatic carbocycles. The summed E-state index contributed by atoms with van der Waals surface area (Å²) in [6.45, 7) is 16.1. The second-order valence-electron chi connectivity index (χ2n) is 10.5. The number of hydrogen-bond donors (Lipinski definition) is 2. The summed E-state index contributed by atoms with van der Waals surface area (Å²) in [5, 5.41) is 10.7. The van der Waals surface area contributed by atoms with E-state index in [4.69, 9.17) is 5.73 Å². The van der Waals surface area contributed by atoms with Gasteiger partial charge in [-0.25, -0.2) is 0 Å². The molecule has 0 aromatic heterocycles. The summed E-state index contributed by atoms with van der Waals surface area (Å²) in [6.07, 6.45) is 7.76. The van der Waals surface area contributed by atoms with Gasteiger partial charge in [0.25, 0.3) is 0 Å². The summed E-state index contributed by atoms with van der Waals surface area (Å²) in [5.41, 5.74) is 8.57. The summed E-state index contributed by atoms with van der Waals surface area (Å²) in [5.74, 6) is 1.07. The number of ketones is 1. The maximum Gasteiger partial charge on any atom is 0.210 e. The molecule has 0 amide bonds. The fourth-order valence-electron chi connectivity index (χ4n) is 5.93. The van der Waals surface area contributed by atoms with Crippen LogP contribution in [0.5, 0.6) is 0 Å². The zero-order chi connectivity index (χ0) is 21.6. The molecule has 0 radical (unpaired) electrons. The first-order valence-electron chi connectivity index (χ1n) is 11.2. The third kappa shape index (κ3) is 3.71. The molecule has 0 aromatic carbocycles. The fourth-order valence-corrected chi connectivity index (χ4v) is 5.93. The molecule has 29 heavy (non-hydrogen) atoms. The predicted octanol–water partition coefficient (Wildman–Crippen LogP) is 5.51. The highest BCUT2D eigenvalue weighted by Crippen LogP contribution is 2.63. The van der Waals surface area contributed by atoms with Crippen LogP contribution >= 0.6 is 0 Å². The first-order chi connectivity index (χ1) is 13.5. The zero-order valence-corrected chi connectivity index (χ0v) is 18.8. The molecule has 4 heteroatoms. The van der Waals surface area contributed by atoms with Crippen LogP contribution in [-0.2, 0) is 4.79 Å². The molecule has 4 nitrogen and oxygen atoms in total. The minimum atomic E-state index is -0.160. The number of nitrogens with two attached hydrogens (primary N) is 1. The van der Waals surface area contributed by atoms with E-state index in [9.17, 15) is 9.90 Å². The van der Waals surface area contributed by atoms with Crippen molar-refractivity contribution in [2.24, 2.45) is 39.3 Å². The minimum absolute atomic E-state index is 0.0474. The highest BCUT2D eigenvalue weighted by Gasteiger charge is 2.54. The topological polar surface area (TPSA) is 75.7 Å². The van der Waals surface area contributed by atoms with E-state index in [-0.39, 0.29) is 28.1 Å². The zero-order valence-electron chi connectivity index (χ0n) is 18.8. The number of rotatable bonds is 4. The molecule has 0 saturated heterocycles. The second-order valence-corrected chi connectivity index (χ2v) is 10.5. The molecule has 0 bridgehead atoms. The van der Waals surface area contributed by atoms with Gasteiger partial charge >= 0.3 is 0 Å². The monoisotopic (exact) mass is 398 g/mol. The van der Waals surface area contributed by atoms with Crippen molar-refractivity contribution in [1.82, 2.24) is 0 Å². The number of aliphatic hydroxyl groups excluding tert-OH is 1. The number of aliphatic hydroxyl groups is 1. The first-order valence-corrected chi connectivity index (χ1v) is 11.2. The Hall–Kier alpha value is -1.84. The molecule has 2 saturated carbocycles. The van der Waals surface area contributed by atoms with Crippen LogP contribution in [0, 0.1) is 28.6 Å². The third-order valence-electron chi connectivity index (χ3n) is 8.11. The molecule has 0 aromatic rings.